The number of aliphatic hydroxyl groups is 1. The molecule has 2 aliphatic rings. The second-order valence-corrected chi connectivity index (χ2v) is 12.8. The molecule has 2 amide bonds. The minimum absolute atomic E-state index is 0.0209. The first-order chi connectivity index (χ1) is 14.3. The van der Waals surface area contributed by atoms with E-state index in [4.69, 9.17) is 0 Å². The largest absolute Gasteiger partial charge is 0.507 e. The number of sulfone groups is 1. The van der Waals surface area contributed by atoms with E-state index < -0.39 is 33.7 Å². The average molecular weight is 489 g/mol. The first kappa shape index (κ1) is 23.8. The van der Waals surface area contributed by atoms with E-state index in [0.29, 0.717) is 15.4 Å². The van der Waals surface area contributed by atoms with Crippen LogP contribution in [0.3, 0.4) is 0 Å². The summed E-state index contributed by atoms with van der Waals surface area (Å²) in [4.78, 5) is 26.7. The van der Waals surface area contributed by atoms with Gasteiger partial charge in [0.25, 0.3) is 11.8 Å². The molecule has 0 aromatic heterocycles. The van der Waals surface area contributed by atoms with Gasteiger partial charge in [-0.15, -0.1) is 0 Å². The number of carbonyl (C=O) groups excluding carboxylic acids is 2. The van der Waals surface area contributed by atoms with Crippen molar-refractivity contribution >= 4 is 45.2 Å². The zero-order valence-electron chi connectivity index (χ0n) is 17.5. The Morgan fingerprint density at radius 2 is 1.55 bits per heavy atom. The number of rotatable bonds is 5. The second-order valence-electron chi connectivity index (χ2n) is 8.28. The van der Waals surface area contributed by atoms with Gasteiger partial charge >= 0.3 is 0 Å². The molecule has 0 bridgehead atoms. The number of hydrogen-bond donors (Lipinski definition) is 3. The lowest BCUT2D eigenvalue weighted by Gasteiger charge is -2.26. The van der Waals surface area contributed by atoms with Crippen LogP contribution in [0, 0.1) is 0 Å². The summed E-state index contributed by atoms with van der Waals surface area (Å²) in [7, 11) is -3.39. The quantitative estimate of drug-likeness (QED) is 0.319. The molecule has 2 aliphatic heterocycles. The highest BCUT2D eigenvalue weighted by Gasteiger charge is 2.45. The van der Waals surface area contributed by atoms with Crippen LogP contribution in [0.4, 0.5) is 0 Å². The van der Waals surface area contributed by atoms with Gasteiger partial charge in [0.05, 0.1) is 39.5 Å². The van der Waals surface area contributed by atoms with Gasteiger partial charge in [0.1, 0.15) is 26.9 Å². The molecule has 3 rings (SSSR count). The van der Waals surface area contributed by atoms with Crippen molar-refractivity contribution in [3.63, 3.8) is 0 Å². The zero-order chi connectivity index (χ0) is 23.3. The van der Waals surface area contributed by atoms with Gasteiger partial charge in [0.15, 0.2) is 0 Å². The highest BCUT2D eigenvalue weighted by atomic mass is 32.2. The number of fused-ring (bicyclic) bond motifs is 1. The van der Waals surface area contributed by atoms with Gasteiger partial charge in [-0.1, -0.05) is 44.3 Å². The first-order valence-corrected chi connectivity index (χ1v) is 13.1. The van der Waals surface area contributed by atoms with Gasteiger partial charge in [0, 0.05) is 11.8 Å². The van der Waals surface area contributed by atoms with E-state index in [-0.39, 0.29) is 40.2 Å². The lowest BCUT2D eigenvalue weighted by molar-refractivity contribution is -0.147. The molecule has 170 valence electrons. The van der Waals surface area contributed by atoms with E-state index >= 15 is 0 Å². The average Bonchev–Trinajstić information content (AvgIpc) is 3.16. The normalized spacial score (nSPS) is 19.5. The molecule has 0 aliphatic carbocycles. The summed E-state index contributed by atoms with van der Waals surface area (Å²) in [5.74, 6) is -1.77. The molecule has 1 fully saturated rings. The standard InChI is InChI=1S/C19H24N2O7S3/c1-19(2,3)10-9-11(23)14-15(13(10)24)30-18(29-14)12-16(25)20(5-7-22)21(17(12)26)6-8-31(4,27)28/h9,22-24H,5-8H2,1-4H3/b18-12-. The van der Waals surface area contributed by atoms with Gasteiger partial charge < -0.3 is 15.3 Å². The Bertz CT molecular complexity index is 1090. The van der Waals surface area contributed by atoms with Crippen LogP contribution in [0.2, 0.25) is 0 Å². The van der Waals surface area contributed by atoms with E-state index in [1.165, 1.54) is 6.07 Å². The van der Waals surface area contributed by atoms with Crippen LogP contribution >= 0.6 is 23.5 Å². The van der Waals surface area contributed by atoms with E-state index in [1.54, 1.807) is 0 Å². The number of aromatic hydroxyl groups is 2. The van der Waals surface area contributed by atoms with Crippen molar-refractivity contribution in [2.24, 2.45) is 0 Å². The molecule has 2 heterocycles. The maximum Gasteiger partial charge on any atom is 0.279 e. The fraction of sp³-hybridized carbons (Fsp3) is 0.474. The molecular weight excluding hydrogens is 464 g/mol. The lowest BCUT2D eigenvalue weighted by atomic mass is 9.86. The van der Waals surface area contributed by atoms with Crippen LogP contribution in [-0.4, -0.2) is 77.3 Å². The first-order valence-electron chi connectivity index (χ1n) is 9.38. The Kier molecular flexibility index (Phi) is 6.31. The maximum atomic E-state index is 13.0. The molecule has 0 atom stereocenters. The van der Waals surface area contributed by atoms with Crippen LogP contribution in [0.15, 0.2) is 25.7 Å². The van der Waals surface area contributed by atoms with Crippen molar-refractivity contribution in [3.05, 3.63) is 21.4 Å². The number of benzene rings is 1. The smallest absolute Gasteiger partial charge is 0.279 e. The van der Waals surface area contributed by atoms with Crippen molar-refractivity contribution in [2.75, 3.05) is 31.7 Å². The number of amides is 2. The summed E-state index contributed by atoms with van der Waals surface area (Å²) in [6.45, 7) is 4.85. The molecule has 31 heavy (non-hydrogen) atoms. The summed E-state index contributed by atoms with van der Waals surface area (Å²) in [6, 6.07) is 1.48. The number of phenols is 2. The lowest BCUT2D eigenvalue weighted by Crippen LogP contribution is -2.44. The van der Waals surface area contributed by atoms with E-state index in [1.807, 2.05) is 20.8 Å². The van der Waals surface area contributed by atoms with E-state index in [9.17, 15) is 33.3 Å². The Hall–Kier alpha value is -1.89. The Labute approximate surface area is 189 Å². The van der Waals surface area contributed by atoms with Crippen LogP contribution in [0.25, 0.3) is 0 Å². The number of phenolic OH excluding ortho intramolecular Hbond substituents is 2. The van der Waals surface area contributed by atoms with Crippen LogP contribution < -0.4 is 0 Å². The number of β-amino-alcohol motifs (C(OH)–C–C–N with tert-alkyl or cyclic N) is 1. The summed E-state index contributed by atoms with van der Waals surface area (Å²) in [6.07, 6.45) is 1.03. The van der Waals surface area contributed by atoms with Crippen molar-refractivity contribution in [1.82, 2.24) is 10.0 Å². The van der Waals surface area contributed by atoms with Crippen LogP contribution in [-0.2, 0) is 24.8 Å². The number of hydrazine groups is 1. The number of hydrogen-bond acceptors (Lipinski definition) is 9. The van der Waals surface area contributed by atoms with Gasteiger partial charge in [-0.2, -0.15) is 0 Å². The fourth-order valence-corrected chi connectivity index (χ4v) is 6.33. The highest BCUT2D eigenvalue weighted by Crippen LogP contribution is 2.60. The molecule has 0 unspecified atom stereocenters. The molecule has 12 heteroatoms. The van der Waals surface area contributed by atoms with Crippen molar-refractivity contribution in [2.45, 2.75) is 36.0 Å². The molecule has 1 aromatic rings. The summed E-state index contributed by atoms with van der Waals surface area (Å²) >= 11 is 2.02. The SMILES string of the molecule is CC(C)(C)c1cc(O)c2c(c1O)S/C(=C1/C(=O)N(CCO)N(CCS(C)(=O)=O)C1=O)S2. The molecule has 0 radical (unpaired) electrons. The Morgan fingerprint density at radius 1 is 1.00 bits per heavy atom. The second kappa shape index (κ2) is 8.23. The van der Waals surface area contributed by atoms with E-state index in [2.05, 4.69) is 0 Å². The van der Waals surface area contributed by atoms with Crippen molar-refractivity contribution in [1.29, 1.82) is 0 Å². The van der Waals surface area contributed by atoms with Crippen molar-refractivity contribution < 1.29 is 33.3 Å². The molecule has 3 N–H and O–H groups in total. The molecule has 1 saturated heterocycles. The number of aliphatic hydroxyl groups excluding tert-OH is 1. The topological polar surface area (TPSA) is 135 Å². The minimum Gasteiger partial charge on any atom is -0.507 e. The zero-order valence-corrected chi connectivity index (χ0v) is 19.9. The maximum absolute atomic E-state index is 13.0. The number of thioether (sulfide) groups is 2. The highest BCUT2D eigenvalue weighted by molar-refractivity contribution is 8.25. The fourth-order valence-electron chi connectivity index (χ4n) is 3.23. The summed E-state index contributed by atoms with van der Waals surface area (Å²) in [5, 5.41) is 32.6. The molecule has 0 spiro atoms. The number of nitrogens with zero attached hydrogens (tertiary/aromatic N) is 2. The molecule has 0 saturated carbocycles. The Balaban J connectivity index is 2.03. The van der Waals surface area contributed by atoms with Gasteiger partial charge in [-0.3, -0.25) is 9.59 Å². The van der Waals surface area contributed by atoms with Gasteiger partial charge in [-0.05, 0) is 11.5 Å². The monoisotopic (exact) mass is 488 g/mol. The third-order valence-electron chi connectivity index (χ3n) is 4.77. The van der Waals surface area contributed by atoms with Gasteiger partial charge in [-0.25, -0.2) is 18.4 Å². The summed E-state index contributed by atoms with van der Waals surface area (Å²) < 4.78 is 23.4. The Morgan fingerprint density at radius 3 is 2.06 bits per heavy atom. The number of carbonyl (C=O) groups is 2. The third-order valence-corrected chi connectivity index (χ3v) is 8.32. The summed E-state index contributed by atoms with van der Waals surface area (Å²) in [5.41, 5.74) is -0.0926. The molecule has 1 aromatic carbocycles. The molecule has 9 nitrogen and oxygen atoms in total. The van der Waals surface area contributed by atoms with Crippen LogP contribution in [0.5, 0.6) is 11.5 Å². The van der Waals surface area contributed by atoms with Gasteiger partial charge in [0.2, 0.25) is 0 Å². The van der Waals surface area contributed by atoms with Crippen LogP contribution in [0.1, 0.15) is 26.3 Å². The van der Waals surface area contributed by atoms with E-state index in [0.717, 1.165) is 39.8 Å². The predicted molar refractivity (Wildman–Crippen MR) is 117 cm³/mol. The third kappa shape index (κ3) is 4.52. The molecular formula is C19H24N2O7S3. The predicted octanol–water partition coefficient (Wildman–Crippen LogP) is 1.43. The minimum atomic E-state index is -3.39. The van der Waals surface area contributed by atoms with Crippen molar-refractivity contribution in [3.8, 4) is 11.5 Å².